The Kier molecular flexibility index (Phi) is 6.06. The quantitative estimate of drug-likeness (QED) is 0.447. The fraction of sp³-hybridized carbons (Fsp3) is 0.190. The van der Waals surface area contributed by atoms with Gasteiger partial charge >= 0.3 is 5.69 Å². The van der Waals surface area contributed by atoms with E-state index in [1.807, 2.05) is 35.2 Å². The van der Waals surface area contributed by atoms with Gasteiger partial charge in [0.1, 0.15) is 12.1 Å². The molecule has 2 aromatic carbocycles. The van der Waals surface area contributed by atoms with Crippen molar-refractivity contribution in [2.24, 2.45) is 0 Å². The lowest BCUT2D eigenvalue weighted by atomic mass is 10.2. The van der Waals surface area contributed by atoms with E-state index in [0.717, 1.165) is 17.8 Å². The maximum atomic E-state index is 13.0. The van der Waals surface area contributed by atoms with Crippen molar-refractivity contribution in [1.29, 1.82) is 0 Å². The summed E-state index contributed by atoms with van der Waals surface area (Å²) in [6.07, 6.45) is 1.21. The van der Waals surface area contributed by atoms with Crippen molar-refractivity contribution in [1.82, 2.24) is 15.4 Å². The maximum Gasteiger partial charge on any atom is 0.355 e. The van der Waals surface area contributed by atoms with Crippen molar-refractivity contribution in [3.63, 3.8) is 0 Å². The third-order valence-corrected chi connectivity index (χ3v) is 5.09. The lowest BCUT2D eigenvalue weighted by Crippen LogP contribution is -2.47. The number of aromatic nitrogens is 2. The van der Waals surface area contributed by atoms with Crippen molar-refractivity contribution in [2.45, 2.75) is 0 Å². The topological polar surface area (TPSA) is 117 Å². The normalized spacial score (nSPS) is 13.5. The van der Waals surface area contributed by atoms with Gasteiger partial charge in [0.15, 0.2) is 0 Å². The van der Waals surface area contributed by atoms with Crippen LogP contribution in [0.25, 0.3) is 0 Å². The second-order valence-electron chi connectivity index (χ2n) is 7.05. The van der Waals surface area contributed by atoms with Crippen molar-refractivity contribution in [2.75, 3.05) is 41.4 Å². The van der Waals surface area contributed by atoms with Crippen LogP contribution in [0.3, 0.4) is 0 Å². The molecular formula is C21H20FN7O3. The van der Waals surface area contributed by atoms with Crippen molar-refractivity contribution in [3.8, 4) is 0 Å². The summed E-state index contributed by atoms with van der Waals surface area (Å²) in [5, 5.41) is 11.8. The van der Waals surface area contributed by atoms with Crippen LogP contribution in [-0.4, -0.2) is 47.0 Å². The Morgan fingerprint density at radius 3 is 2.28 bits per heavy atom. The standard InChI is InChI=1S/C21H20FN7O3/c22-16-8-6-15(7-9-16)21(30)26-25-19-18(29(31)32)20(24-14-23-19)28-12-10-27(11-13-28)17-4-2-1-3-5-17/h1-9,14H,10-13H2,(H,26,30)(H,23,24,25). The molecule has 11 heteroatoms. The van der Waals surface area contributed by atoms with Gasteiger partial charge in [0.2, 0.25) is 11.6 Å². The minimum absolute atomic E-state index is 0.138. The summed E-state index contributed by atoms with van der Waals surface area (Å²) >= 11 is 0. The number of hydrogen-bond donors (Lipinski definition) is 2. The van der Waals surface area contributed by atoms with Crippen LogP contribution in [0.5, 0.6) is 0 Å². The lowest BCUT2D eigenvalue weighted by Gasteiger charge is -2.36. The highest BCUT2D eigenvalue weighted by molar-refractivity contribution is 5.95. The summed E-state index contributed by atoms with van der Waals surface area (Å²) in [7, 11) is 0. The summed E-state index contributed by atoms with van der Waals surface area (Å²) in [5.74, 6) is -1.02. The number of halogens is 1. The Morgan fingerprint density at radius 1 is 0.969 bits per heavy atom. The average molecular weight is 437 g/mol. The van der Waals surface area contributed by atoms with E-state index in [9.17, 15) is 19.3 Å². The van der Waals surface area contributed by atoms with Crippen LogP contribution in [0, 0.1) is 15.9 Å². The summed E-state index contributed by atoms with van der Waals surface area (Å²) in [6.45, 7) is 2.42. The van der Waals surface area contributed by atoms with Crippen LogP contribution >= 0.6 is 0 Å². The first-order valence-electron chi connectivity index (χ1n) is 9.89. The minimum atomic E-state index is -0.587. The molecule has 1 fully saturated rings. The zero-order valence-electron chi connectivity index (χ0n) is 16.9. The van der Waals surface area contributed by atoms with Gasteiger partial charge in [-0.2, -0.15) is 0 Å². The number of carbonyl (C=O) groups is 1. The molecule has 1 aliphatic heterocycles. The van der Waals surface area contributed by atoms with E-state index in [1.54, 1.807) is 0 Å². The Labute approximate surface area is 182 Å². The predicted molar refractivity (Wildman–Crippen MR) is 117 cm³/mol. The van der Waals surface area contributed by atoms with Gasteiger partial charge in [-0.3, -0.25) is 25.8 Å². The third kappa shape index (κ3) is 4.56. The number of piperazine rings is 1. The lowest BCUT2D eigenvalue weighted by molar-refractivity contribution is -0.383. The number of nitrogens with one attached hydrogen (secondary N) is 2. The maximum absolute atomic E-state index is 13.0. The van der Waals surface area contributed by atoms with E-state index in [4.69, 9.17) is 0 Å². The first-order valence-corrected chi connectivity index (χ1v) is 9.89. The summed E-state index contributed by atoms with van der Waals surface area (Å²) < 4.78 is 13.0. The molecule has 3 aromatic rings. The molecule has 1 amide bonds. The molecule has 0 bridgehead atoms. The van der Waals surface area contributed by atoms with E-state index in [2.05, 4.69) is 25.7 Å². The number of hydrazine groups is 1. The molecule has 0 atom stereocenters. The van der Waals surface area contributed by atoms with Gasteiger partial charge in [-0.05, 0) is 36.4 Å². The fourth-order valence-corrected chi connectivity index (χ4v) is 3.47. The van der Waals surface area contributed by atoms with Crippen molar-refractivity contribution >= 4 is 28.9 Å². The number of nitro groups is 1. The number of carbonyl (C=O) groups excluding carboxylic acids is 1. The molecule has 0 unspecified atom stereocenters. The molecule has 1 saturated heterocycles. The number of para-hydroxylation sites is 1. The molecule has 10 nitrogen and oxygen atoms in total. The molecule has 2 heterocycles. The van der Waals surface area contributed by atoms with Gasteiger partial charge in [0, 0.05) is 37.4 Å². The largest absolute Gasteiger partial charge is 0.368 e. The fourth-order valence-electron chi connectivity index (χ4n) is 3.47. The molecule has 2 N–H and O–H groups in total. The zero-order valence-corrected chi connectivity index (χ0v) is 16.9. The first-order chi connectivity index (χ1) is 15.5. The first kappa shape index (κ1) is 21.0. The Hall–Kier alpha value is -4.28. The second-order valence-corrected chi connectivity index (χ2v) is 7.05. The minimum Gasteiger partial charge on any atom is -0.368 e. The molecule has 1 aliphatic rings. The Balaban J connectivity index is 1.48. The summed E-state index contributed by atoms with van der Waals surface area (Å²) in [5.41, 5.74) is 5.80. The zero-order chi connectivity index (χ0) is 22.5. The van der Waals surface area contributed by atoms with E-state index < -0.39 is 16.6 Å². The number of hydrogen-bond acceptors (Lipinski definition) is 8. The summed E-state index contributed by atoms with van der Waals surface area (Å²) in [6, 6.07) is 14.8. The molecular weight excluding hydrogens is 417 g/mol. The van der Waals surface area contributed by atoms with Crippen LogP contribution in [0.1, 0.15) is 10.4 Å². The summed E-state index contributed by atoms with van der Waals surface area (Å²) in [4.78, 5) is 35.6. The molecule has 0 spiro atoms. The van der Waals surface area contributed by atoms with E-state index in [-0.39, 0.29) is 22.9 Å². The van der Waals surface area contributed by atoms with Crippen LogP contribution in [-0.2, 0) is 0 Å². The Morgan fingerprint density at radius 2 is 1.62 bits per heavy atom. The molecule has 0 aliphatic carbocycles. The number of anilines is 3. The van der Waals surface area contributed by atoms with E-state index in [1.165, 1.54) is 18.5 Å². The monoisotopic (exact) mass is 437 g/mol. The smallest absolute Gasteiger partial charge is 0.355 e. The van der Waals surface area contributed by atoms with Gasteiger partial charge in [-0.15, -0.1) is 0 Å². The van der Waals surface area contributed by atoms with E-state index >= 15 is 0 Å². The van der Waals surface area contributed by atoms with Crippen LogP contribution in [0.2, 0.25) is 0 Å². The molecule has 4 rings (SSSR count). The molecule has 164 valence electrons. The number of nitrogens with zero attached hydrogens (tertiary/aromatic N) is 5. The second kappa shape index (κ2) is 9.25. The van der Waals surface area contributed by atoms with Gasteiger partial charge in [0.25, 0.3) is 5.91 Å². The van der Waals surface area contributed by atoms with Gasteiger partial charge in [-0.1, -0.05) is 18.2 Å². The molecule has 0 radical (unpaired) electrons. The van der Waals surface area contributed by atoms with Crippen molar-refractivity contribution in [3.05, 3.63) is 82.4 Å². The predicted octanol–water partition coefficient (Wildman–Crippen LogP) is 2.61. The highest BCUT2D eigenvalue weighted by Gasteiger charge is 2.29. The van der Waals surface area contributed by atoms with Gasteiger partial charge < -0.3 is 9.80 Å². The number of amides is 1. The number of benzene rings is 2. The highest BCUT2D eigenvalue weighted by atomic mass is 19.1. The highest BCUT2D eigenvalue weighted by Crippen LogP contribution is 2.32. The van der Waals surface area contributed by atoms with Crippen LogP contribution in [0.15, 0.2) is 60.9 Å². The van der Waals surface area contributed by atoms with Crippen LogP contribution < -0.4 is 20.7 Å². The third-order valence-electron chi connectivity index (χ3n) is 5.09. The van der Waals surface area contributed by atoms with Crippen LogP contribution in [0.4, 0.5) is 27.4 Å². The van der Waals surface area contributed by atoms with E-state index in [0.29, 0.717) is 26.2 Å². The van der Waals surface area contributed by atoms with Crippen molar-refractivity contribution < 1.29 is 14.1 Å². The SMILES string of the molecule is O=C(NNc1ncnc(N2CCN(c3ccccc3)CC2)c1[N+](=O)[O-])c1ccc(F)cc1. The molecule has 32 heavy (non-hydrogen) atoms. The average Bonchev–Trinajstić information content (AvgIpc) is 2.83. The number of rotatable bonds is 6. The molecule has 0 saturated carbocycles. The molecule has 1 aromatic heterocycles. The van der Waals surface area contributed by atoms with Gasteiger partial charge in [0.05, 0.1) is 4.92 Å². The van der Waals surface area contributed by atoms with Gasteiger partial charge in [-0.25, -0.2) is 14.4 Å². The Bertz CT molecular complexity index is 1100.